The zero-order chi connectivity index (χ0) is 14.1. The second-order valence-corrected chi connectivity index (χ2v) is 3.58. The fourth-order valence-corrected chi connectivity index (χ4v) is 1.38. The third-order valence-electron chi connectivity index (χ3n) is 2.43. The monoisotopic (exact) mass is 267 g/mol. The lowest BCUT2D eigenvalue weighted by Crippen LogP contribution is -2.56. The first-order valence-electron chi connectivity index (χ1n) is 4.63. The van der Waals surface area contributed by atoms with Crippen LogP contribution in [-0.2, 0) is 10.4 Å². The number of aliphatic hydroxyl groups is 2. The van der Waals surface area contributed by atoms with Gasteiger partial charge in [0.05, 0.1) is 6.61 Å². The standard InChI is InChI=1S/C10H9F4NO3/c11-5-1-2-6(7(12)3-5)9(18,4-16)10(13,14)8(15)17/h1-3,16,18H,4H2,(H2,15,17). The highest BCUT2D eigenvalue weighted by Crippen LogP contribution is 2.38. The molecule has 0 fully saturated rings. The predicted molar refractivity (Wildman–Crippen MR) is 51.5 cm³/mol. The van der Waals surface area contributed by atoms with Crippen molar-refractivity contribution >= 4 is 5.91 Å². The minimum atomic E-state index is -4.62. The lowest BCUT2D eigenvalue weighted by molar-refractivity contribution is -0.206. The second kappa shape index (κ2) is 4.54. The Morgan fingerprint density at radius 3 is 2.28 bits per heavy atom. The van der Waals surface area contributed by atoms with Gasteiger partial charge in [-0.15, -0.1) is 0 Å². The highest BCUT2D eigenvalue weighted by atomic mass is 19.3. The van der Waals surface area contributed by atoms with Gasteiger partial charge in [0.25, 0.3) is 5.91 Å². The maximum atomic E-state index is 13.4. The molecule has 0 aliphatic heterocycles. The maximum absolute atomic E-state index is 13.4. The molecule has 0 heterocycles. The number of benzene rings is 1. The van der Waals surface area contributed by atoms with Crippen molar-refractivity contribution < 1.29 is 32.6 Å². The second-order valence-electron chi connectivity index (χ2n) is 3.58. The van der Waals surface area contributed by atoms with Crippen LogP contribution in [0.4, 0.5) is 17.6 Å². The molecule has 0 spiro atoms. The number of rotatable bonds is 4. The Labute approximate surface area is 98.6 Å². The summed E-state index contributed by atoms with van der Waals surface area (Å²) < 4.78 is 52.8. The summed E-state index contributed by atoms with van der Waals surface area (Å²) in [6.45, 7) is -1.68. The van der Waals surface area contributed by atoms with Gasteiger partial charge in [0.1, 0.15) is 11.6 Å². The highest BCUT2D eigenvalue weighted by Gasteiger charge is 2.59. The Morgan fingerprint density at radius 2 is 1.89 bits per heavy atom. The molecule has 0 radical (unpaired) electrons. The number of aliphatic hydroxyl groups excluding tert-OH is 1. The SMILES string of the molecule is NC(=O)C(F)(F)C(O)(CO)c1ccc(F)cc1F. The van der Waals surface area contributed by atoms with Gasteiger partial charge >= 0.3 is 5.92 Å². The van der Waals surface area contributed by atoms with Crippen LogP contribution in [0.1, 0.15) is 5.56 Å². The number of carbonyl (C=O) groups is 1. The van der Waals surface area contributed by atoms with Gasteiger partial charge in [-0.25, -0.2) is 8.78 Å². The molecule has 100 valence electrons. The summed E-state index contributed by atoms with van der Waals surface area (Å²) in [4.78, 5) is 10.6. The van der Waals surface area contributed by atoms with Gasteiger partial charge in [0, 0.05) is 11.6 Å². The summed E-state index contributed by atoms with van der Waals surface area (Å²) in [5.74, 6) is -9.48. The molecule has 1 rings (SSSR count). The van der Waals surface area contributed by atoms with Crippen LogP contribution >= 0.6 is 0 Å². The van der Waals surface area contributed by atoms with E-state index in [-0.39, 0.29) is 6.07 Å². The van der Waals surface area contributed by atoms with Crippen LogP contribution in [0.5, 0.6) is 0 Å². The molecule has 0 saturated heterocycles. The van der Waals surface area contributed by atoms with E-state index in [1.807, 2.05) is 0 Å². The first-order chi connectivity index (χ1) is 8.16. The normalized spacial score (nSPS) is 15.2. The fourth-order valence-electron chi connectivity index (χ4n) is 1.38. The van der Waals surface area contributed by atoms with Crippen molar-refractivity contribution in [2.45, 2.75) is 11.5 Å². The van der Waals surface area contributed by atoms with Gasteiger partial charge in [0.15, 0.2) is 5.60 Å². The number of alkyl halides is 2. The molecule has 1 amide bonds. The van der Waals surface area contributed by atoms with Crippen LogP contribution in [0, 0.1) is 11.6 Å². The van der Waals surface area contributed by atoms with E-state index < -0.39 is 41.2 Å². The summed E-state index contributed by atoms with van der Waals surface area (Å²) >= 11 is 0. The first kappa shape index (κ1) is 14.4. The highest BCUT2D eigenvalue weighted by molar-refractivity contribution is 5.83. The van der Waals surface area contributed by atoms with Crippen LogP contribution in [-0.4, -0.2) is 28.6 Å². The largest absolute Gasteiger partial charge is 0.393 e. The number of carbonyl (C=O) groups excluding carboxylic acids is 1. The third-order valence-corrected chi connectivity index (χ3v) is 2.43. The van der Waals surface area contributed by atoms with E-state index in [1.165, 1.54) is 0 Å². The van der Waals surface area contributed by atoms with E-state index in [0.717, 1.165) is 0 Å². The van der Waals surface area contributed by atoms with Crippen LogP contribution in [0.3, 0.4) is 0 Å². The molecule has 1 aromatic carbocycles. The van der Waals surface area contributed by atoms with Crippen molar-refractivity contribution in [3.8, 4) is 0 Å². The minimum absolute atomic E-state index is 0.229. The Morgan fingerprint density at radius 1 is 1.33 bits per heavy atom. The average Bonchev–Trinajstić information content (AvgIpc) is 2.27. The van der Waals surface area contributed by atoms with Gasteiger partial charge in [-0.05, 0) is 12.1 Å². The number of halogens is 4. The molecule has 1 aromatic rings. The topological polar surface area (TPSA) is 83.6 Å². The predicted octanol–water partition coefficient (Wildman–Crippen LogP) is 0.265. The van der Waals surface area contributed by atoms with Gasteiger partial charge in [0.2, 0.25) is 0 Å². The van der Waals surface area contributed by atoms with Crippen molar-refractivity contribution in [1.29, 1.82) is 0 Å². The van der Waals surface area contributed by atoms with E-state index in [9.17, 15) is 27.5 Å². The van der Waals surface area contributed by atoms with Crippen LogP contribution in [0.25, 0.3) is 0 Å². The molecule has 0 bridgehead atoms. The van der Waals surface area contributed by atoms with Crippen molar-refractivity contribution in [1.82, 2.24) is 0 Å². The minimum Gasteiger partial charge on any atom is -0.393 e. The van der Waals surface area contributed by atoms with Crippen molar-refractivity contribution in [3.63, 3.8) is 0 Å². The molecule has 8 heteroatoms. The van der Waals surface area contributed by atoms with Crippen LogP contribution in [0.15, 0.2) is 18.2 Å². The maximum Gasteiger partial charge on any atom is 0.358 e. The molecule has 0 aliphatic carbocycles. The number of nitrogens with two attached hydrogens (primary N) is 1. The van der Waals surface area contributed by atoms with Crippen molar-refractivity contribution in [2.24, 2.45) is 5.73 Å². The summed E-state index contributed by atoms with van der Waals surface area (Å²) in [6, 6.07) is 1.32. The summed E-state index contributed by atoms with van der Waals surface area (Å²) in [7, 11) is 0. The molecule has 0 saturated carbocycles. The van der Waals surface area contributed by atoms with E-state index in [1.54, 1.807) is 0 Å². The first-order valence-corrected chi connectivity index (χ1v) is 4.63. The van der Waals surface area contributed by atoms with Gasteiger partial charge in [-0.3, -0.25) is 4.79 Å². The van der Waals surface area contributed by atoms with Gasteiger partial charge < -0.3 is 15.9 Å². The number of hydrogen-bond acceptors (Lipinski definition) is 3. The number of primary amides is 1. The third kappa shape index (κ3) is 2.04. The van der Waals surface area contributed by atoms with Gasteiger partial charge in [-0.1, -0.05) is 0 Å². The Bertz CT molecular complexity index is 480. The van der Waals surface area contributed by atoms with Gasteiger partial charge in [-0.2, -0.15) is 8.78 Å². The van der Waals surface area contributed by atoms with Crippen LogP contribution < -0.4 is 5.73 Å². The summed E-state index contributed by atoms with van der Waals surface area (Å²) in [5, 5.41) is 18.4. The van der Waals surface area contributed by atoms with E-state index >= 15 is 0 Å². The lowest BCUT2D eigenvalue weighted by Gasteiger charge is -2.32. The Hall–Kier alpha value is -1.67. The molecule has 0 aromatic heterocycles. The van der Waals surface area contributed by atoms with E-state index in [2.05, 4.69) is 5.73 Å². The van der Waals surface area contributed by atoms with Crippen LogP contribution in [0.2, 0.25) is 0 Å². The summed E-state index contributed by atoms with van der Waals surface area (Å²) in [5.41, 5.74) is -0.296. The quantitative estimate of drug-likeness (QED) is 0.684. The van der Waals surface area contributed by atoms with Crippen molar-refractivity contribution in [2.75, 3.05) is 6.61 Å². The molecule has 1 atom stereocenters. The molecule has 1 unspecified atom stereocenters. The molecular weight excluding hydrogens is 258 g/mol. The number of amides is 1. The average molecular weight is 267 g/mol. The van der Waals surface area contributed by atoms with E-state index in [4.69, 9.17) is 5.11 Å². The number of hydrogen-bond donors (Lipinski definition) is 3. The molecule has 4 nitrogen and oxygen atoms in total. The molecule has 4 N–H and O–H groups in total. The Balaban J connectivity index is 3.44. The Kier molecular flexibility index (Phi) is 3.63. The molecule has 18 heavy (non-hydrogen) atoms. The lowest BCUT2D eigenvalue weighted by atomic mass is 9.87. The van der Waals surface area contributed by atoms with Crippen molar-refractivity contribution in [3.05, 3.63) is 35.4 Å². The zero-order valence-corrected chi connectivity index (χ0v) is 8.83. The molecule has 0 aliphatic rings. The van der Waals surface area contributed by atoms with E-state index in [0.29, 0.717) is 12.1 Å². The fraction of sp³-hybridized carbons (Fsp3) is 0.300. The molecular formula is C10H9F4NO3. The summed E-state index contributed by atoms with van der Waals surface area (Å²) in [6.07, 6.45) is 0. The zero-order valence-electron chi connectivity index (χ0n) is 8.83. The smallest absolute Gasteiger partial charge is 0.358 e.